The summed E-state index contributed by atoms with van der Waals surface area (Å²) in [5.41, 5.74) is 2.15. The third-order valence-electron chi connectivity index (χ3n) is 4.84. The molecule has 2 aromatic carbocycles. The molecule has 2 aromatic rings. The summed E-state index contributed by atoms with van der Waals surface area (Å²) in [7, 11) is 0. The Balaban J connectivity index is 1.72. The van der Waals surface area contributed by atoms with Crippen LogP contribution in [0.25, 0.3) is 0 Å². The highest BCUT2D eigenvalue weighted by Gasteiger charge is 2.53. The minimum atomic E-state index is -1.19. The molecule has 0 saturated carbocycles. The van der Waals surface area contributed by atoms with Gasteiger partial charge in [0.1, 0.15) is 5.66 Å². The van der Waals surface area contributed by atoms with Gasteiger partial charge in [0.2, 0.25) is 5.91 Å². The Hall–Kier alpha value is -3.45. The molecule has 1 saturated heterocycles. The lowest BCUT2D eigenvalue weighted by Gasteiger charge is -2.33. The largest absolute Gasteiger partial charge is 0.478 e. The van der Waals surface area contributed by atoms with E-state index >= 15 is 0 Å². The van der Waals surface area contributed by atoms with Gasteiger partial charge in [0.25, 0.3) is 5.91 Å². The molecule has 2 heterocycles. The van der Waals surface area contributed by atoms with E-state index in [4.69, 9.17) is 5.11 Å². The first-order valence-electron chi connectivity index (χ1n) is 8.51. The summed E-state index contributed by atoms with van der Waals surface area (Å²) in [5, 5.41) is 14.7. The summed E-state index contributed by atoms with van der Waals surface area (Å²) in [6.07, 6.45) is 1.74. The van der Waals surface area contributed by atoms with Crippen molar-refractivity contribution in [2.45, 2.75) is 5.66 Å². The van der Waals surface area contributed by atoms with Crippen molar-refractivity contribution in [2.24, 2.45) is 0 Å². The Morgan fingerprint density at radius 3 is 2.78 bits per heavy atom. The molecule has 0 spiro atoms. The number of rotatable bonds is 4. The van der Waals surface area contributed by atoms with E-state index in [0.29, 0.717) is 24.3 Å². The number of hydrogen-bond donors (Lipinski definition) is 3. The van der Waals surface area contributed by atoms with Gasteiger partial charge < -0.3 is 15.3 Å². The highest BCUT2D eigenvalue weighted by molar-refractivity contribution is 6.03. The molecule has 1 fully saturated rings. The van der Waals surface area contributed by atoms with Crippen LogP contribution in [-0.2, 0) is 15.3 Å². The van der Waals surface area contributed by atoms with E-state index in [0.717, 1.165) is 23.3 Å². The molecule has 2 amide bonds. The van der Waals surface area contributed by atoms with Crippen LogP contribution in [0.2, 0.25) is 0 Å². The number of carboxylic acid groups (broad SMARTS) is 1. The Kier molecular flexibility index (Phi) is 4.01. The first-order valence-corrected chi connectivity index (χ1v) is 8.51. The van der Waals surface area contributed by atoms with Gasteiger partial charge in [-0.1, -0.05) is 30.3 Å². The number of fused-ring (bicyclic) bond motifs is 3. The number of carbonyl (C=O) groups excluding carboxylic acids is 2. The quantitative estimate of drug-likeness (QED) is 0.716. The topological polar surface area (TPSA) is 98.7 Å². The number of benzene rings is 2. The van der Waals surface area contributed by atoms with Gasteiger partial charge in [0.05, 0.1) is 0 Å². The van der Waals surface area contributed by atoms with Gasteiger partial charge in [-0.25, -0.2) is 4.79 Å². The van der Waals surface area contributed by atoms with Gasteiger partial charge in [0, 0.05) is 42.1 Å². The maximum absolute atomic E-state index is 12.8. The van der Waals surface area contributed by atoms with Crippen LogP contribution >= 0.6 is 0 Å². The highest BCUT2D eigenvalue weighted by atomic mass is 16.4. The molecule has 7 heteroatoms. The van der Waals surface area contributed by atoms with Crippen molar-refractivity contribution in [1.29, 1.82) is 0 Å². The maximum atomic E-state index is 12.8. The summed E-state index contributed by atoms with van der Waals surface area (Å²) in [6, 6.07) is 14.7. The first kappa shape index (κ1) is 17.0. The number of aliphatic carboxylic acids is 1. The fourth-order valence-electron chi connectivity index (χ4n) is 3.80. The van der Waals surface area contributed by atoms with Crippen LogP contribution in [0.15, 0.2) is 60.7 Å². The average molecular weight is 363 g/mol. The van der Waals surface area contributed by atoms with E-state index < -0.39 is 17.5 Å². The SMILES string of the molecule is O=C(O)/C=C\C(=O)Nc1cccc(C23NCCN2C(=O)c2ccccc23)c1. The molecular formula is C20H17N3O4. The Morgan fingerprint density at radius 2 is 1.96 bits per heavy atom. The third-order valence-corrected chi connectivity index (χ3v) is 4.84. The normalized spacial score (nSPS) is 20.6. The van der Waals surface area contributed by atoms with E-state index in [1.165, 1.54) is 0 Å². The molecule has 0 bridgehead atoms. The van der Waals surface area contributed by atoms with Crippen molar-refractivity contribution in [3.8, 4) is 0 Å². The molecule has 27 heavy (non-hydrogen) atoms. The van der Waals surface area contributed by atoms with Gasteiger partial charge in [-0.15, -0.1) is 0 Å². The molecule has 1 unspecified atom stereocenters. The molecule has 2 aliphatic heterocycles. The van der Waals surface area contributed by atoms with E-state index in [1.54, 1.807) is 18.2 Å². The molecule has 136 valence electrons. The Bertz CT molecular complexity index is 985. The number of amides is 2. The zero-order chi connectivity index (χ0) is 19.0. The van der Waals surface area contributed by atoms with Crippen molar-refractivity contribution >= 4 is 23.5 Å². The maximum Gasteiger partial charge on any atom is 0.328 e. The minimum absolute atomic E-state index is 0.0190. The fourth-order valence-corrected chi connectivity index (χ4v) is 3.80. The standard InChI is InChI=1S/C20H17N3O4/c24-17(8-9-18(25)26)22-14-5-3-4-13(12-14)20-16-7-2-1-6-15(16)19(27)23(20)11-10-21-20/h1-9,12,21H,10-11H2,(H,22,24)(H,25,26)/b9-8-. The molecule has 7 nitrogen and oxygen atoms in total. The van der Waals surface area contributed by atoms with Crippen molar-refractivity contribution < 1.29 is 19.5 Å². The second-order valence-corrected chi connectivity index (χ2v) is 6.38. The number of nitrogens with one attached hydrogen (secondary N) is 2. The van der Waals surface area contributed by atoms with Gasteiger partial charge in [-0.2, -0.15) is 0 Å². The van der Waals surface area contributed by atoms with E-state index in [-0.39, 0.29) is 5.91 Å². The van der Waals surface area contributed by atoms with Crippen LogP contribution in [0, 0.1) is 0 Å². The number of carbonyl (C=O) groups is 3. The number of nitrogens with zero attached hydrogens (tertiary/aromatic N) is 1. The fraction of sp³-hybridized carbons (Fsp3) is 0.150. The average Bonchev–Trinajstić information content (AvgIpc) is 3.20. The molecule has 2 aliphatic rings. The van der Waals surface area contributed by atoms with Crippen molar-refractivity contribution in [2.75, 3.05) is 18.4 Å². The summed E-state index contributed by atoms with van der Waals surface area (Å²) in [6.45, 7) is 1.25. The highest BCUT2D eigenvalue weighted by Crippen LogP contribution is 2.44. The van der Waals surface area contributed by atoms with Crippen LogP contribution in [0.4, 0.5) is 5.69 Å². The Morgan fingerprint density at radius 1 is 1.15 bits per heavy atom. The summed E-state index contributed by atoms with van der Waals surface area (Å²) in [5.74, 6) is -1.75. The first-order chi connectivity index (χ1) is 13.0. The van der Waals surface area contributed by atoms with Crippen molar-refractivity contribution in [3.63, 3.8) is 0 Å². The summed E-state index contributed by atoms with van der Waals surface area (Å²) < 4.78 is 0. The van der Waals surface area contributed by atoms with Crippen LogP contribution in [0.5, 0.6) is 0 Å². The lowest BCUT2D eigenvalue weighted by atomic mass is 9.91. The van der Waals surface area contributed by atoms with Gasteiger partial charge in [-0.3, -0.25) is 14.9 Å². The number of hydrogen-bond acceptors (Lipinski definition) is 4. The molecule has 0 aliphatic carbocycles. The summed E-state index contributed by atoms with van der Waals surface area (Å²) >= 11 is 0. The molecular weight excluding hydrogens is 346 g/mol. The molecule has 0 aromatic heterocycles. The number of anilines is 1. The zero-order valence-corrected chi connectivity index (χ0v) is 14.3. The lowest BCUT2D eigenvalue weighted by Crippen LogP contribution is -2.46. The smallest absolute Gasteiger partial charge is 0.328 e. The van der Waals surface area contributed by atoms with Gasteiger partial charge >= 0.3 is 5.97 Å². The predicted molar refractivity (Wildman–Crippen MR) is 98.1 cm³/mol. The van der Waals surface area contributed by atoms with Gasteiger partial charge in [0.15, 0.2) is 0 Å². The van der Waals surface area contributed by atoms with Crippen LogP contribution in [0.1, 0.15) is 21.5 Å². The molecule has 4 rings (SSSR count). The summed E-state index contributed by atoms with van der Waals surface area (Å²) in [4.78, 5) is 37.1. The van der Waals surface area contributed by atoms with Crippen LogP contribution in [-0.4, -0.2) is 40.9 Å². The molecule has 3 N–H and O–H groups in total. The van der Waals surface area contributed by atoms with Crippen molar-refractivity contribution in [3.05, 3.63) is 77.4 Å². The van der Waals surface area contributed by atoms with Crippen molar-refractivity contribution in [1.82, 2.24) is 10.2 Å². The minimum Gasteiger partial charge on any atom is -0.478 e. The van der Waals surface area contributed by atoms with Gasteiger partial charge in [-0.05, 0) is 23.8 Å². The van der Waals surface area contributed by atoms with Crippen LogP contribution in [0.3, 0.4) is 0 Å². The second kappa shape index (κ2) is 6.37. The molecule has 0 radical (unpaired) electrons. The van der Waals surface area contributed by atoms with E-state index in [9.17, 15) is 14.4 Å². The monoisotopic (exact) mass is 363 g/mol. The number of carboxylic acids is 1. The lowest BCUT2D eigenvalue weighted by molar-refractivity contribution is -0.131. The zero-order valence-electron chi connectivity index (χ0n) is 14.3. The Labute approximate surface area is 155 Å². The second-order valence-electron chi connectivity index (χ2n) is 6.38. The molecule has 1 atom stereocenters. The van der Waals surface area contributed by atoms with Crippen LogP contribution < -0.4 is 10.6 Å². The third kappa shape index (κ3) is 2.69. The predicted octanol–water partition coefficient (Wildman–Crippen LogP) is 1.53. The van der Waals surface area contributed by atoms with E-state index in [2.05, 4.69) is 10.6 Å². The van der Waals surface area contributed by atoms with E-state index in [1.807, 2.05) is 35.2 Å².